The standard InChI is InChI=1S/C25H32N12/c1-18-14-20(30-32-24-34(3)16-28-36(24)5)8-10-22(18)26-12-7-13-27-23-11-9-21(15-19(23)2)31-33-25-35(4)17-29-37(25)6/h8-11,14-17H,7,12-13H2,1-6H3/p+2. The summed E-state index contributed by atoms with van der Waals surface area (Å²) in [5.41, 5.74) is 6.05. The first-order chi connectivity index (χ1) is 17.8. The monoisotopic (exact) mass is 502 g/mol. The number of nitrogens with zero attached hydrogens (tertiary/aromatic N) is 10. The van der Waals surface area contributed by atoms with Crippen molar-refractivity contribution in [2.75, 3.05) is 23.7 Å². The minimum absolute atomic E-state index is 0.681. The van der Waals surface area contributed by atoms with Gasteiger partial charge in [0.2, 0.25) is 12.7 Å². The molecule has 0 fully saturated rings. The summed E-state index contributed by atoms with van der Waals surface area (Å²) in [6.07, 6.45) is 4.38. The van der Waals surface area contributed by atoms with Gasteiger partial charge in [-0.05, 0) is 78.0 Å². The van der Waals surface area contributed by atoms with E-state index in [9.17, 15) is 0 Å². The van der Waals surface area contributed by atoms with Gasteiger partial charge in [-0.25, -0.2) is 9.13 Å². The van der Waals surface area contributed by atoms with Crippen LogP contribution in [0.4, 0.5) is 34.6 Å². The molecule has 0 spiro atoms. The number of aryl methyl sites for hydroxylation is 6. The molecule has 0 aliphatic heterocycles. The first kappa shape index (κ1) is 25.6. The molecule has 0 radical (unpaired) electrons. The van der Waals surface area contributed by atoms with Crippen LogP contribution in [-0.2, 0) is 28.2 Å². The maximum atomic E-state index is 4.35. The van der Waals surface area contributed by atoms with Crippen molar-refractivity contribution in [1.29, 1.82) is 0 Å². The van der Waals surface area contributed by atoms with Gasteiger partial charge in [0.15, 0.2) is 0 Å². The van der Waals surface area contributed by atoms with Gasteiger partial charge in [0, 0.05) is 34.7 Å². The van der Waals surface area contributed by atoms with E-state index in [2.05, 4.69) is 55.1 Å². The highest BCUT2D eigenvalue weighted by Crippen LogP contribution is 2.24. The fourth-order valence-electron chi connectivity index (χ4n) is 3.80. The second kappa shape index (κ2) is 11.5. The van der Waals surface area contributed by atoms with Gasteiger partial charge < -0.3 is 10.6 Å². The van der Waals surface area contributed by atoms with E-state index >= 15 is 0 Å². The fourth-order valence-corrected chi connectivity index (χ4v) is 3.80. The Morgan fingerprint density at radius 2 is 1.14 bits per heavy atom. The van der Waals surface area contributed by atoms with Crippen LogP contribution in [0.15, 0.2) is 69.5 Å². The Kier molecular flexibility index (Phi) is 7.96. The van der Waals surface area contributed by atoms with Crippen molar-refractivity contribution in [2.24, 2.45) is 48.6 Å². The van der Waals surface area contributed by atoms with Crippen molar-refractivity contribution in [3.05, 3.63) is 60.2 Å². The van der Waals surface area contributed by atoms with Crippen molar-refractivity contribution in [3.8, 4) is 0 Å². The normalized spacial score (nSPS) is 11.6. The SMILES string of the molecule is Cc1cc(/N=N/c2n(C)nc[n+]2C)ccc1NCCCNc1ccc(/N=N/c2n(C)nc[n+]2C)cc1C. The second-order valence-corrected chi connectivity index (χ2v) is 8.94. The highest BCUT2D eigenvalue weighted by molar-refractivity contribution is 5.58. The lowest BCUT2D eigenvalue weighted by Crippen LogP contribution is -2.25. The molecule has 0 saturated carbocycles. The number of aromatic nitrogens is 6. The number of benzene rings is 2. The molecule has 2 N–H and O–H groups in total. The number of rotatable bonds is 10. The highest BCUT2D eigenvalue weighted by Gasteiger charge is 2.12. The average Bonchev–Trinajstić information content (AvgIpc) is 3.37. The van der Waals surface area contributed by atoms with E-state index in [1.807, 2.05) is 73.7 Å². The quantitative estimate of drug-likeness (QED) is 0.192. The van der Waals surface area contributed by atoms with Crippen LogP contribution in [0, 0.1) is 13.8 Å². The predicted molar refractivity (Wildman–Crippen MR) is 141 cm³/mol. The Bertz CT molecular complexity index is 1280. The summed E-state index contributed by atoms with van der Waals surface area (Å²) < 4.78 is 7.02. The maximum Gasteiger partial charge on any atom is 0.403 e. The van der Waals surface area contributed by atoms with E-state index in [0.717, 1.165) is 53.4 Å². The molecule has 0 atom stereocenters. The third kappa shape index (κ3) is 6.40. The lowest BCUT2D eigenvalue weighted by Gasteiger charge is -2.12. The molecule has 0 aliphatic rings. The Balaban J connectivity index is 1.24. The number of nitrogens with one attached hydrogen (secondary N) is 2. The lowest BCUT2D eigenvalue weighted by atomic mass is 10.1. The van der Waals surface area contributed by atoms with E-state index in [1.54, 1.807) is 22.0 Å². The molecule has 2 heterocycles. The molecule has 4 aromatic rings. The minimum atomic E-state index is 0.681. The summed E-state index contributed by atoms with van der Waals surface area (Å²) >= 11 is 0. The summed E-state index contributed by atoms with van der Waals surface area (Å²) in [7, 11) is 7.47. The molecule has 0 amide bonds. The molecule has 2 aromatic carbocycles. The third-order valence-electron chi connectivity index (χ3n) is 5.92. The molecule has 192 valence electrons. The van der Waals surface area contributed by atoms with E-state index in [0.29, 0.717) is 11.9 Å². The largest absolute Gasteiger partial charge is 0.403 e. The van der Waals surface area contributed by atoms with Crippen molar-refractivity contribution in [1.82, 2.24) is 19.6 Å². The van der Waals surface area contributed by atoms with Crippen LogP contribution < -0.4 is 19.8 Å². The third-order valence-corrected chi connectivity index (χ3v) is 5.92. The Morgan fingerprint density at radius 3 is 1.49 bits per heavy atom. The summed E-state index contributed by atoms with van der Waals surface area (Å²) in [6, 6.07) is 12.1. The van der Waals surface area contributed by atoms with Gasteiger partial charge in [0.05, 0.1) is 39.6 Å². The molecule has 0 bridgehead atoms. The van der Waals surface area contributed by atoms with Crippen LogP contribution in [0.3, 0.4) is 0 Å². The average molecular weight is 503 g/mol. The Morgan fingerprint density at radius 1 is 0.703 bits per heavy atom. The number of hydrogen-bond donors (Lipinski definition) is 2. The zero-order valence-electron chi connectivity index (χ0n) is 22.2. The van der Waals surface area contributed by atoms with Crippen molar-refractivity contribution in [3.63, 3.8) is 0 Å². The predicted octanol–water partition coefficient (Wildman–Crippen LogP) is 4.16. The summed E-state index contributed by atoms with van der Waals surface area (Å²) in [5, 5.41) is 32.7. The van der Waals surface area contributed by atoms with Crippen LogP contribution in [-0.4, -0.2) is 32.7 Å². The van der Waals surface area contributed by atoms with Crippen molar-refractivity contribution >= 4 is 34.6 Å². The lowest BCUT2D eigenvalue weighted by molar-refractivity contribution is -0.659. The molecule has 12 nitrogen and oxygen atoms in total. The minimum Gasteiger partial charge on any atom is -0.385 e. The first-order valence-corrected chi connectivity index (χ1v) is 12.1. The van der Waals surface area contributed by atoms with Gasteiger partial charge in [-0.3, -0.25) is 0 Å². The van der Waals surface area contributed by atoms with E-state index in [1.165, 1.54) is 0 Å². The van der Waals surface area contributed by atoms with Gasteiger partial charge in [-0.15, -0.1) is 9.36 Å². The summed E-state index contributed by atoms with van der Waals surface area (Å²) in [5.74, 6) is 1.36. The van der Waals surface area contributed by atoms with E-state index in [-0.39, 0.29) is 0 Å². The topological polar surface area (TPSA) is 117 Å². The zero-order chi connectivity index (χ0) is 26.4. The Labute approximate surface area is 216 Å². The van der Waals surface area contributed by atoms with Gasteiger partial charge in [-0.1, -0.05) is 10.2 Å². The van der Waals surface area contributed by atoms with Crippen molar-refractivity contribution < 1.29 is 9.13 Å². The fraction of sp³-hybridized carbons (Fsp3) is 0.360. The molecular weight excluding hydrogens is 468 g/mol. The number of hydrogen-bond acceptors (Lipinski definition) is 8. The smallest absolute Gasteiger partial charge is 0.385 e. The maximum absolute atomic E-state index is 4.35. The van der Waals surface area contributed by atoms with Gasteiger partial charge in [0.25, 0.3) is 0 Å². The van der Waals surface area contributed by atoms with E-state index < -0.39 is 0 Å². The van der Waals surface area contributed by atoms with Crippen LogP contribution in [0.2, 0.25) is 0 Å². The molecular formula is C25H34N12+2. The molecule has 0 saturated heterocycles. The van der Waals surface area contributed by atoms with E-state index in [4.69, 9.17) is 0 Å². The number of anilines is 2. The molecule has 37 heavy (non-hydrogen) atoms. The van der Waals surface area contributed by atoms with Crippen LogP contribution in [0.25, 0.3) is 0 Å². The summed E-state index contributed by atoms with van der Waals surface area (Å²) in [6.45, 7) is 5.85. The molecule has 0 aliphatic carbocycles. The van der Waals surface area contributed by atoms with Gasteiger partial charge in [-0.2, -0.15) is 0 Å². The number of azo groups is 2. The first-order valence-electron chi connectivity index (χ1n) is 12.1. The van der Waals surface area contributed by atoms with Crippen molar-refractivity contribution in [2.45, 2.75) is 20.3 Å². The molecule has 2 aromatic heterocycles. The zero-order valence-corrected chi connectivity index (χ0v) is 22.2. The highest BCUT2D eigenvalue weighted by atomic mass is 15.4. The summed E-state index contributed by atoms with van der Waals surface area (Å²) in [4.78, 5) is 0. The van der Waals surface area contributed by atoms with Crippen LogP contribution >= 0.6 is 0 Å². The van der Waals surface area contributed by atoms with Crippen LogP contribution in [0.1, 0.15) is 17.5 Å². The van der Waals surface area contributed by atoms with Gasteiger partial charge >= 0.3 is 11.9 Å². The molecule has 4 rings (SSSR count). The molecule has 0 unspecified atom stereocenters. The van der Waals surface area contributed by atoms with Crippen LogP contribution in [0.5, 0.6) is 0 Å². The van der Waals surface area contributed by atoms with Gasteiger partial charge in [0.1, 0.15) is 0 Å². The second-order valence-electron chi connectivity index (χ2n) is 8.94. The molecule has 12 heteroatoms. The Hall–Kier alpha value is -4.48.